The van der Waals surface area contributed by atoms with Crippen LogP contribution in [0, 0.1) is 0 Å². The molecule has 6 unspecified atom stereocenters. The van der Waals surface area contributed by atoms with E-state index < -0.39 is 53.0 Å². The minimum atomic E-state index is -0.938. The summed E-state index contributed by atoms with van der Waals surface area (Å²) >= 11 is 0. The summed E-state index contributed by atoms with van der Waals surface area (Å²) in [6.07, 6.45) is 5.18. The molecule has 2 aliphatic rings. The van der Waals surface area contributed by atoms with Crippen molar-refractivity contribution < 1.29 is 34.3 Å². The highest BCUT2D eigenvalue weighted by molar-refractivity contribution is 5.51. The predicted octanol–water partition coefficient (Wildman–Crippen LogP) is 8.24. The SMILES string of the molecule is CCCCN(CCOCCCOCCOCCN(CCCC)c1ccc(C2C(O)C(c3c(C(C)(C)C)[nH]n(-c4ccccn4)c3=O)C2OC)cc1)c1ccc(C2C(O)C(c3c(C(C)(C)C)[nH]n(-c4ccccn4)c3=O)C2O)cc1. The van der Waals surface area contributed by atoms with Gasteiger partial charge in [0.15, 0.2) is 11.6 Å². The van der Waals surface area contributed by atoms with Gasteiger partial charge in [0.1, 0.15) is 0 Å². The number of hydrogen-bond donors (Lipinski definition) is 5. The van der Waals surface area contributed by atoms with E-state index in [1.165, 1.54) is 9.36 Å². The Morgan fingerprint density at radius 3 is 1.35 bits per heavy atom. The van der Waals surface area contributed by atoms with Crippen LogP contribution in [-0.2, 0) is 29.8 Å². The van der Waals surface area contributed by atoms with Crippen LogP contribution >= 0.6 is 0 Å². The summed E-state index contributed by atoms with van der Waals surface area (Å²) in [5.41, 5.74) is 4.95. The topological polar surface area (TPSA) is 205 Å². The molecule has 79 heavy (non-hydrogen) atoms. The zero-order chi connectivity index (χ0) is 56.4. The van der Waals surface area contributed by atoms with Crippen molar-refractivity contribution in [2.24, 2.45) is 0 Å². The molecule has 0 spiro atoms. The number of ether oxygens (including phenoxy) is 4. The van der Waals surface area contributed by atoms with E-state index in [2.05, 4.69) is 88.8 Å². The van der Waals surface area contributed by atoms with Crippen molar-refractivity contribution in [2.45, 2.75) is 146 Å². The molecular formula is C62H86N8O9. The van der Waals surface area contributed by atoms with Crippen molar-refractivity contribution in [3.8, 4) is 11.6 Å². The Hall–Kier alpha value is -5.92. The molecular weight excluding hydrogens is 1000 g/mol. The molecule has 0 amide bonds. The number of aliphatic hydroxyl groups is 3. The van der Waals surface area contributed by atoms with E-state index >= 15 is 0 Å². The molecule has 17 heteroatoms. The van der Waals surface area contributed by atoms with E-state index in [4.69, 9.17) is 18.9 Å². The first-order valence-corrected chi connectivity index (χ1v) is 28.5. The van der Waals surface area contributed by atoms with E-state index in [-0.39, 0.29) is 17.0 Å². The highest BCUT2D eigenvalue weighted by atomic mass is 16.5. The van der Waals surface area contributed by atoms with Crippen LogP contribution < -0.4 is 20.9 Å². The number of unbranched alkanes of at least 4 members (excludes halogenated alkanes) is 2. The van der Waals surface area contributed by atoms with Crippen LogP contribution in [0.25, 0.3) is 11.6 Å². The molecule has 2 aliphatic carbocycles. The number of aromatic amines is 2. The third-order valence-electron chi connectivity index (χ3n) is 15.8. The lowest BCUT2D eigenvalue weighted by atomic mass is 9.62. The van der Waals surface area contributed by atoms with E-state index in [9.17, 15) is 24.9 Å². The first-order valence-electron chi connectivity index (χ1n) is 28.5. The van der Waals surface area contributed by atoms with Gasteiger partial charge in [0.2, 0.25) is 0 Å². The Bertz CT molecular complexity index is 2930. The van der Waals surface area contributed by atoms with Gasteiger partial charge in [0.05, 0.1) is 50.8 Å². The van der Waals surface area contributed by atoms with Crippen molar-refractivity contribution in [1.82, 2.24) is 29.5 Å². The molecule has 4 aromatic heterocycles. The maximum atomic E-state index is 14.0. The maximum absolute atomic E-state index is 14.0. The quantitative estimate of drug-likeness (QED) is 0.0294. The standard InChI is InChI=1S/C62H86N8O9/c1-10-12-31-67(43-25-21-41(22-26-43)47-53(71)49(54(47)72)51-57(61(3,4)5)65-69(59(51)74)45-19-14-16-29-63-45)33-37-77-35-18-36-78-39-40-79-38-34-68(32-13-11-2)44-27-23-42(24-28-44)48-55(73)50(56(48)76-9)52-58(62(6,7)8)66-70(60(52)75)46-20-15-17-30-64-46/h14-17,19-30,47-50,53-56,65-66,71-73H,10-13,18,31-40H2,1-9H3. The van der Waals surface area contributed by atoms with Crippen molar-refractivity contribution in [1.29, 1.82) is 0 Å². The predicted molar refractivity (Wildman–Crippen MR) is 310 cm³/mol. The van der Waals surface area contributed by atoms with Gasteiger partial charge >= 0.3 is 0 Å². The number of methoxy groups -OCH3 is 1. The Labute approximate surface area is 465 Å². The van der Waals surface area contributed by atoms with Crippen LogP contribution in [0.2, 0.25) is 0 Å². The summed E-state index contributed by atoms with van der Waals surface area (Å²) in [7, 11) is 1.65. The second-order valence-corrected chi connectivity index (χ2v) is 23.3. The lowest BCUT2D eigenvalue weighted by Gasteiger charge is -2.49. The molecule has 5 N–H and O–H groups in total. The van der Waals surface area contributed by atoms with Gasteiger partial charge in [-0.1, -0.05) is 105 Å². The number of hydrogen-bond acceptors (Lipinski definition) is 13. The minimum absolute atomic E-state index is 0.221. The zero-order valence-electron chi connectivity index (χ0n) is 47.9. The Kier molecular flexibility index (Phi) is 19.9. The fourth-order valence-electron chi connectivity index (χ4n) is 11.4. The van der Waals surface area contributed by atoms with Gasteiger partial charge in [-0.15, -0.1) is 0 Å². The first kappa shape index (κ1) is 59.2. The molecule has 4 heterocycles. The van der Waals surface area contributed by atoms with E-state index in [0.717, 1.165) is 86.5 Å². The number of nitrogens with one attached hydrogen (secondary N) is 2. The lowest BCUT2D eigenvalue weighted by Crippen LogP contribution is -2.54. The van der Waals surface area contributed by atoms with Crippen LogP contribution in [0.1, 0.15) is 145 Å². The van der Waals surface area contributed by atoms with Crippen LogP contribution in [0.3, 0.4) is 0 Å². The molecule has 2 saturated carbocycles. The van der Waals surface area contributed by atoms with Crippen molar-refractivity contribution in [3.63, 3.8) is 0 Å². The highest BCUT2D eigenvalue weighted by Crippen LogP contribution is 2.51. The summed E-state index contributed by atoms with van der Waals surface area (Å²) in [5.74, 6) is -1.11. The number of benzene rings is 2. The third-order valence-corrected chi connectivity index (χ3v) is 15.8. The average Bonchev–Trinajstić information content (AvgIpc) is 4.10. The fraction of sp³-hybridized carbons (Fsp3) is 0.548. The molecule has 0 aliphatic heterocycles. The van der Waals surface area contributed by atoms with Gasteiger partial charge in [-0.3, -0.25) is 19.8 Å². The monoisotopic (exact) mass is 1090 g/mol. The fourth-order valence-corrected chi connectivity index (χ4v) is 11.4. The van der Waals surface area contributed by atoms with Crippen molar-refractivity contribution in [2.75, 3.05) is 82.7 Å². The van der Waals surface area contributed by atoms with Gasteiger partial charge in [-0.2, -0.15) is 0 Å². The molecule has 428 valence electrons. The number of anilines is 2. The molecule has 17 nitrogen and oxygen atoms in total. The van der Waals surface area contributed by atoms with Crippen LogP contribution in [-0.4, -0.2) is 142 Å². The molecule has 0 saturated heterocycles. The average molecular weight is 1090 g/mol. The number of aromatic nitrogens is 6. The molecule has 6 atom stereocenters. The summed E-state index contributed by atoms with van der Waals surface area (Å²) in [6, 6.07) is 27.2. The summed E-state index contributed by atoms with van der Waals surface area (Å²) in [5, 5.41) is 41.5. The number of aliphatic hydroxyl groups excluding tert-OH is 3. The van der Waals surface area contributed by atoms with Crippen molar-refractivity contribution >= 4 is 11.4 Å². The zero-order valence-corrected chi connectivity index (χ0v) is 47.9. The Morgan fingerprint density at radius 1 is 0.519 bits per heavy atom. The first-order chi connectivity index (χ1) is 38.0. The van der Waals surface area contributed by atoms with Crippen molar-refractivity contribution in [3.05, 3.63) is 152 Å². The summed E-state index contributed by atoms with van der Waals surface area (Å²) in [6.45, 7) is 23.0. The van der Waals surface area contributed by atoms with Gasteiger partial charge in [-0.05, 0) is 78.9 Å². The van der Waals surface area contributed by atoms with Gasteiger partial charge < -0.3 is 44.1 Å². The Morgan fingerprint density at radius 2 is 0.937 bits per heavy atom. The van der Waals surface area contributed by atoms with E-state index in [1.807, 2.05) is 63.2 Å². The van der Waals surface area contributed by atoms with Crippen LogP contribution in [0.4, 0.5) is 11.4 Å². The van der Waals surface area contributed by atoms with Gasteiger partial charge in [0, 0.05) is 127 Å². The van der Waals surface area contributed by atoms with E-state index in [1.54, 1.807) is 37.7 Å². The second-order valence-electron chi connectivity index (χ2n) is 23.3. The summed E-state index contributed by atoms with van der Waals surface area (Å²) in [4.78, 5) is 41.3. The molecule has 0 bridgehead atoms. The third kappa shape index (κ3) is 13.3. The normalized spacial score (nSPS) is 21.2. The smallest absolute Gasteiger partial charge is 0.276 e. The second kappa shape index (κ2) is 26.6. The molecule has 8 rings (SSSR count). The number of nitrogens with zero attached hydrogens (tertiary/aromatic N) is 6. The number of pyridine rings is 2. The van der Waals surface area contributed by atoms with Gasteiger partial charge in [-0.25, -0.2) is 19.3 Å². The van der Waals surface area contributed by atoms with E-state index in [0.29, 0.717) is 68.1 Å². The lowest BCUT2D eigenvalue weighted by molar-refractivity contribution is -0.0993. The number of H-pyrrole nitrogens is 2. The van der Waals surface area contributed by atoms with Gasteiger partial charge in [0.25, 0.3) is 11.1 Å². The van der Waals surface area contributed by atoms with Crippen LogP contribution in [0.15, 0.2) is 107 Å². The number of rotatable bonds is 28. The molecule has 0 radical (unpaired) electrons. The summed E-state index contributed by atoms with van der Waals surface area (Å²) < 4.78 is 26.9. The largest absolute Gasteiger partial charge is 0.392 e. The molecule has 2 aromatic carbocycles. The molecule has 2 fully saturated rings. The molecule has 6 aromatic rings. The minimum Gasteiger partial charge on any atom is -0.392 e. The highest BCUT2D eigenvalue weighted by Gasteiger charge is 2.55. The van der Waals surface area contributed by atoms with Crippen LogP contribution in [0.5, 0.6) is 0 Å². The Balaban J connectivity index is 0.751. The maximum Gasteiger partial charge on any atom is 0.276 e.